The number of hydrogen-bond donors (Lipinski definition) is 0. The van der Waals surface area contributed by atoms with Gasteiger partial charge < -0.3 is 9.47 Å². The van der Waals surface area contributed by atoms with Gasteiger partial charge in [0.25, 0.3) is 0 Å². The molecule has 3 nitrogen and oxygen atoms in total. The lowest BCUT2D eigenvalue weighted by Crippen LogP contribution is -2.06. The van der Waals surface area contributed by atoms with Crippen LogP contribution >= 0.6 is 0 Å². The molecule has 0 spiro atoms. The number of carbonyl (C=O) groups excluding carboxylic acids is 1. The summed E-state index contributed by atoms with van der Waals surface area (Å²) in [5.41, 5.74) is 1.70. The third kappa shape index (κ3) is 4.31. The van der Waals surface area contributed by atoms with Crippen LogP contribution in [0.4, 0.5) is 0 Å². The van der Waals surface area contributed by atoms with Gasteiger partial charge in [0.1, 0.15) is 12.0 Å². The van der Waals surface area contributed by atoms with E-state index in [0.29, 0.717) is 17.9 Å². The number of rotatable bonds is 5. The van der Waals surface area contributed by atoms with Crippen molar-refractivity contribution in [3.8, 4) is 5.75 Å². The molecule has 0 aliphatic rings. The minimum absolute atomic E-state index is 0.349. The van der Waals surface area contributed by atoms with Gasteiger partial charge in [0.15, 0.2) is 0 Å². The molecule has 0 radical (unpaired) electrons. The first-order valence-corrected chi connectivity index (χ1v) is 5.76. The van der Waals surface area contributed by atoms with Crippen molar-refractivity contribution >= 4 is 5.97 Å². The van der Waals surface area contributed by atoms with Crippen LogP contribution in [-0.4, -0.2) is 12.6 Å². The maximum Gasteiger partial charge on any atom is 0.336 e. The smallest absolute Gasteiger partial charge is 0.336 e. The normalized spacial score (nSPS) is 11.1. The van der Waals surface area contributed by atoms with Gasteiger partial charge in [-0.25, -0.2) is 4.79 Å². The Kier molecular flexibility index (Phi) is 5.27. The van der Waals surface area contributed by atoms with E-state index < -0.39 is 0 Å². The summed E-state index contributed by atoms with van der Waals surface area (Å²) in [6, 6.07) is 7.77. The second-order valence-corrected chi connectivity index (χ2v) is 3.64. The van der Waals surface area contributed by atoms with Crippen LogP contribution in [0.5, 0.6) is 5.75 Å². The van der Waals surface area contributed by atoms with Crippen LogP contribution in [0.3, 0.4) is 0 Å². The van der Waals surface area contributed by atoms with Gasteiger partial charge in [0, 0.05) is 0 Å². The molecule has 92 valence electrons. The van der Waals surface area contributed by atoms with Crippen molar-refractivity contribution in [2.24, 2.45) is 0 Å². The fraction of sp³-hybridized carbons (Fsp3) is 0.357. The Bertz CT molecular complexity index is 390. The number of esters is 1. The number of aryl methyl sites for hydroxylation is 1. The van der Waals surface area contributed by atoms with Gasteiger partial charge in [-0.3, -0.25) is 0 Å². The molecule has 0 saturated heterocycles. The lowest BCUT2D eigenvalue weighted by Gasteiger charge is -2.04. The molecule has 0 heterocycles. The number of carbonyl (C=O) groups is 1. The number of benzene rings is 1. The average Bonchev–Trinajstić information content (AvgIpc) is 2.36. The molecule has 0 aromatic heterocycles. The predicted octanol–water partition coefficient (Wildman–Crippen LogP) is 3.09. The first-order chi connectivity index (χ1) is 8.17. The molecule has 3 heteroatoms. The van der Waals surface area contributed by atoms with Gasteiger partial charge in [-0.1, -0.05) is 19.1 Å². The quantitative estimate of drug-likeness (QED) is 0.446. The summed E-state index contributed by atoms with van der Waals surface area (Å²) < 4.78 is 10.2. The molecule has 0 aliphatic carbocycles. The summed E-state index contributed by atoms with van der Waals surface area (Å²) in [5, 5.41) is 0. The Balaban J connectivity index is 2.59. The van der Waals surface area contributed by atoms with E-state index in [9.17, 15) is 4.79 Å². The summed E-state index contributed by atoms with van der Waals surface area (Å²) >= 11 is 0. The molecule has 0 unspecified atom stereocenters. The highest BCUT2D eigenvalue weighted by Crippen LogP contribution is 2.13. The number of hydrogen-bond acceptors (Lipinski definition) is 3. The van der Waals surface area contributed by atoms with Crippen LogP contribution in [0.1, 0.15) is 26.3 Å². The monoisotopic (exact) mass is 234 g/mol. The van der Waals surface area contributed by atoms with Crippen molar-refractivity contribution in [3.05, 3.63) is 41.7 Å². The van der Waals surface area contributed by atoms with E-state index in [1.807, 2.05) is 24.3 Å². The Morgan fingerprint density at radius 3 is 2.41 bits per heavy atom. The lowest BCUT2D eigenvalue weighted by molar-refractivity contribution is -0.138. The molecule has 1 aromatic carbocycles. The maximum absolute atomic E-state index is 11.3. The van der Waals surface area contributed by atoms with E-state index in [1.165, 1.54) is 11.8 Å². The van der Waals surface area contributed by atoms with Crippen molar-refractivity contribution in [2.45, 2.75) is 27.2 Å². The van der Waals surface area contributed by atoms with Gasteiger partial charge in [-0.15, -0.1) is 0 Å². The van der Waals surface area contributed by atoms with E-state index in [4.69, 9.17) is 9.47 Å². The Hall–Kier alpha value is -1.77. The maximum atomic E-state index is 11.3. The second-order valence-electron chi connectivity index (χ2n) is 3.64. The summed E-state index contributed by atoms with van der Waals surface area (Å²) in [7, 11) is 0. The standard InChI is InChI=1S/C14H18O3/c1-4-12-6-8-13(9-7-12)17-10-11(3)14(15)16-5-2/h6-10H,4-5H2,1-3H3/b11-10+. The Morgan fingerprint density at radius 2 is 1.88 bits per heavy atom. The summed E-state index contributed by atoms with van der Waals surface area (Å²) in [4.78, 5) is 11.3. The SMILES string of the molecule is CCOC(=O)/C(C)=C/Oc1ccc(CC)cc1. The molecule has 1 rings (SSSR count). The van der Waals surface area contributed by atoms with Gasteiger partial charge in [-0.2, -0.15) is 0 Å². The van der Waals surface area contributed by atoms with Gasteiger partial charge in [0.05, 0.1) is 12.2 Å². The molecule has 0 saturated carbocycles. The first kappa shape index (κ1) is 13.3. The molecule has 17 heavy (non-hydrogen) atoms. The number of ether oxygens (including phenoxy) is 2. The fourth-order valence-electron chi connectivity index (χ4n) is 1.25. The van der Waals surface area contributed by atoms with E-state index in [0.717, 1.165) is 6.42 Å². The molecule has 0 fully saturated rings. The van der Waals surface area contributed by atoms with Gasteiger partial charge in [-0.05, 0) is 38.0 Å². The highest BCUT2D eigenvalue weighted by Gasteiger charge is 2.04. The largest absolute Gasteiger partial charge is 0.464 e. The molecular formula is C14H18O3. The molecule has 0 bridgehead atoms. The minimum Gasteiger partial charge on any atom is -0.464 e. The molecule has 1 aromatic rings. The van der Waals surface area contributed by atoms with E-state index in [2.05, 4.69) is 6.92 Å². The highest BCUT2D eigenvalue weighted by atomic mass is 16.5. The highest BCUT2D eigenvalue weighted by molar-refractivity contribution is 5.87. The molecular weight excluding hydrogens is 216 g/mol. The average molecular weight is 234 g/mol. The van der Waals surface area contributed by atoms with Crippen LogP contribution in [0.25, 0.3) is 0 Å². The van der Waals surface area contributed by atoms with Gasteiger partial charge >= 0.3 is 5.97 Å². The zero-order valence-corrected chi connectivity index (χ0v) is 10.5. The second kappa shape index (κ2) is 6.74. The van der Waals surface area contributed by atoms with Crippen LogP contribution in [0.2, 0.25) is 0 Å². The molecule has 0 amide bonds. The Morgan fingerprint density at radius 1 is 1.24 bits per heavy atom. The van der Waals surface area contributed by atoms with E-state index in [-0.39, 0.29) is 5.97 Å². The van der Waals surface area contributed by atoms with E-state index in [1.54, 1.807) is 13.8 Å². The first-order valence-electron chi connectivity index (χ1n) is 5.76. The molecule has 0 N–H and O–H groups in total. The van der Waals surface area contributed by atoms with Crippen molar-refractivity contribution in [3.63, 3.8) is 0 Å². The van der Waals surface area contributed by atoms with Crippen molar-refractivity contribution in [2.75, 3.05) is 6.61 Å². The topological polar surface area (TPSA) is 35.5 Å². The summed E-state index contributed by atoms with van der Waals surface area (Å²) in [6.45, 7) is 5.91. The Labute approximate surface area is 102 Å². The zero-order chi connectivity index (χ0) is 12.7. The third-order valence-corrected chi connectivity index (χ3v) is 2.30. The van der Waals surface area contributed by atoms with Crippen molar-refractivity contribution in [1.29, 1.82) is 0 Å². The van der Waals surface area contributed by atoms with Gasteiger partial charge in [0.2, 0.25) is 0 Å². The van der Waals surface area contributed by atoms with Crippen LogP contribution in [0.15, 0.2) is 36.1 Å². The van der Waals surface area contributed by atoms with Crippen LogP contribution in [0, 0.1) is 0 Å². The van der Waals surface area contributed by atoms with Crippen molar-refractivity contribution < 1.29 is 14.3 Å². The zero-order valence-electron chi connectivity index (χ0n) is 10.5. The third-order valence-electron chi connectivity index (χ3n) is 2.30. The fourth-order valence-corrected chi connectivity index (χ4v) is 1.25. The van der Waals surface area contributed by atoms with Crippen LogP contribution < -0.4 is 4.74 Å². The molecule has 0 aliphatic heterocycles. The minimum atomic E-state index is -0.349. The lowest BCUT2D eigenvalue weighted by atomic mass is 10.2. The predicted molar refractivity (Wildman–Crippen MR) is 66.8 cm³/mol. The van der Waals surface area contributed by atoms with Crippen LogP contribution in [-0.2, 0) is 16.0 Å². The summed E-state index contributed by atoms with van der Waals surface area (Å²) in [5.74, 6) is 0.364. The summed E-state index contributed by atoms with van der Waals surface area (Å²) in [6.07, 6.45) is 2.41. The molecule has 0 atom stereocenters. The van der Waals surface area contributed by atoms with Crippen molar-refractivity contribution in [1.82, 2.24) is 0 Å². The van der Waals surface area contributed by atoms with E-state index >= 15 is 0 Å².